The van der Waals surface area contributed by atoms with E-state index in [2.05, 4.69) is 30.4 Å². The Balaban J connectivity index is 1.77. The Hall–Kier alpha value is -2.29. The lowest BCUT2D eigenvalue weighted by Crippen LogP contribution is -2.18. The second-order valence-corrected chi connectivity index (χ2v) is 4.28. The number of hydrogen-bond donors (Lipinski definition) is 1. The number of nitrogens with one attached hydrogen (secondary N) is 1. The topological polar surface area (TPSA) is 99.9 Å². The first kappa shape index (κ1) is 12.7. The van der Waals surface area contributed by atoms with Crippen LogP contribution >= 0.6 is 0 Å². The number of rotatable bonds is 5. The van der Waals surface area contributed by atoms with Crippen LogP contribution < -0.4 is 10.1 Å². The van der Waals surface area contributed by atoms with Gasteiger partial charge in [-0.05, 0) is 12.8 Å². The molecule has 0 radical (unpaired) electrons. The molecule has 3 heterocycles. The molecule has 0 spiro atoms. The van der Waals surface area contributed by atoms with E-state index in [4.69, 9.17) is 9.47 Å². The van der Waals surface area contributed by atoms with Gasteiger partial charge in [-0.3, -0.25) is 0 Å². The zero-order valence-electron chi connectivity index (χ0n) is 11.1. The third-order valence-electron chi connectivity index (χ3n) is 2.87. The minimum Gasteiger partial charge on any atom is -0.461 e. The van der Waals surface area contributed by atoms with Gasteiger partial charge >= 0.3 is 6.01 Å². The minimum absolute atomic E-state index is 0.111. The van der Waals surface area contributed by atoms with E-state index in [-0.39, 0.29) is 12.1 Å². The maximum Gasteiger partial charge on any atom is 0.323 e. The summed E-state index contributed by atoms with van der Waals surface area (Å²) in [5, 5.41) is 6.85. The maximum absolute atomic E-state index is 5.58. The molecular formula is C11H15N7O2. The predicted octanol–water partition coefficient (Wildman–Crippen LogP) is 0.0518. The second-order valence-electron chi connectivity index (χ2n) is 4.28. The summed E-state index contributed by atoms with van der Waals surface area (Å²) >= 11 is 0. The van der Waals surface area contributed by atoms with Crippen LogP contribution in [0, 0.1) is 0 Å². The van der Waals surface area contributed by atoms with Gasteiger partial charge in [0.1, 0.15) is 19.3 Å². The SMILES string of the molecule is CNc1nc(OCC2CCCO2)nc(-n2cncn2)n1. The Labute approximate surface area is 115 Å². The molecule has 3 rings (SSSR count). The van der Waals surface area contributed by atoms with E-state index >= 15 is 0 Å². The molecule has 1 aliphatic rings. The van der Waals surface area contributed by atoms with Gasteiger partial charge in [0.2, 0.25) is 5.95 Å². The van der Waals surface area contributed by atoms with Gasteiger partial charge < -0.3 is 14.8 Å². The van der Waals surface area contributed by atoms with Gasteiger partial charge in [0.25, 0.3) is 5.95 Å². The fraction of sp³-hybridized carbons (Fsp3) is 0.545. The van der Waals surface area contributed by atoms with Gasteiger partial charge in [0.05, 0.1) is 6.10 Å². The predicted molar refractivity (Wildman–Crippen MR) is 68.8 cm³/mol. The van der Waals surface area contributed by atoms with Crippen LogP contribution in [0.4, 0.5) is 5.95 Å². The number of aromatic nitrogens is 6. The second kappa shape index (κ2) is 5.78. The number of ether oxygens (including phenoxy) is 2. The Bertz CT molecular complexity index is 554. The molecule has 9 nitrogen and oxygen atoms in total. The summed E-state index contributed by atoms with van der Waals surface area (Å²) in [6.45, 7) is 1.22. The first-order chi connectivity index (χ1) is 9.85. The van der Waals surface area contributed by atoms with Crippen LogP contribution in [-0.2, 0) is 4.74 Å². The average molecular weight is 277 g/mol. The van der Waals surface area contributed by atoms with Crippen molar-refractivity contribution in [3.8, 4) is 12.0 Å². The molecule has 1 atom stereocenters. The number of anilines is 1. The Morgan fingerprint density at radius 2 is 2.40 bits per heavy atom. The molecule has 0 amide bonds. The van der Waals surface area contributed by atoms with Gasteiger partial charge in [-0.1, -0.05) is 0 Å². The van der Waals surface area contributed by atoms with Gasteiger partial charge in [-0.25, -0.2) is 4.98 Å². The van der Waals surface area contributed by atoms with Crippen molar-refractivity contribution in [2.45, 2.75) is 18.9 Å². The van der Waals surface area contributed by atoms with Crippen LogP contribution in [0.5, 0.6) is 6.01 Å². The largest absolute Gasteiger partial charge is 0.461 e. The molecule has 0 bridgehead atoms. The van der Waals surface area contributed by atoms with Crippen LogP contribution in [0.2, 0.25) is 0 Å². The lowest BCUT2D eigenvalue weighted by molar-refractivity contribution is 0.0644. The molecule has 2 aromatic rings. The first-order valence-electron chi connectivity index (χ1n) is 6.38. The first-order valence-corrected chi connectivity index (χ1v) is 6.38. The van der Waals surface area contributed by atoms with Crippen molar-refractivity contribution in [3.05, 3.63) is 12.7 Å². The normalized spacial score (nSPS) is 18.1. The van der Waals surface area contributed by atoms with Crippen LogP contribution in [0.15, 0.2) is 12.7 Å². The third-order valence-corrected chi connectivity index (χ3v) is 2.87. The van der Waals surface area contributed by atoms with Crippen molar-refractivity contribution in [3.63, 3.8) is 0 Å². The van der Waals surface area contributed by atoms with E-state index in [1.54, 1.807) is 7.05 Å². The molecule has 0 saturated carbocycles. The molecular weight excluding hydrogens is 262 g/mol. The van der Waals surface area contributed by atoms with E-state index in [1.807, 2.05) is 0 Å². The summed E-state index contributed by atoms with van der Waals surface area (Å²) in [4.78, 5) is 16.4. The molecule has 1 N–H and O–H groups in total. The highest BCUT2D eigenvalue weighted by Crippen LogP contribution is 2.14. The molecule has 1 saturated heterocycles. The fourth-order valence-electron chi connectivity index (χ4n) is 1.88. The highest BCUT2D eigenvalue weighted by molar-refractivity contribution is 5.28. The molecule has 1 fully saturated rings. The lowest BCUT2D eigenvalue weighted by Gasteiger charge is -2.11. The van der Waals surface area contributed by atoms with Crippen molar-refractivity contribution >= 4 is 5.95 Å². The lowest BCUT2D eigenvalue weighted by atomic mass is 10.2. The molecule has 20 heavy (non-hydrogen) atoms. The van der Waals surface area contributed by atoms with Gasteiger partial charge in [0, 0.05) is 13.7 Å². The monoisotopic (exact) mass is 277 g/mol. The van der Waals surface area contributed by atoms with Gasteiger partial charge in [0.15, 0.2) is 0 Å². The molecule has 9 heteroatoms. The highest BCUT2D eigenvalue weighted by atomic mass is 16.5. The third kappa shape index (κ3) is 2.82. The Morgan fingerprint density at radius 1 is 1.45 bits per heavy atom. The van der Waals surface area contributed by atoms with Gasteiger partial charge in [-0.15, -0.1) is 0 Å². The summed E-state index contributed by atoms with van der Waals surface area (Å²) in [5.74, 6) is 0.761. The highest BCUT2D eigenvalue weighted by Gasteiger charge is 2.17. The molecule has 106 valence electrons. The smallest absolute Gasteiger partial charge is 0.323 e. The standard InChI is InChI=1S/C11H15N7O2/c1-12-9-15-10(18-7-13-6-14-18)17-11(16-9)20-5-8-3-2-4-19-8/h6-8H,2-5H2,1H3,(H,12,15,16,17). The van der Waals surface area contributed by atoms with E-state index in [0.29, 0.717) is 18.5 Å². The molecule has 1 unspecified atom stereocenters. The van der Waals surface area contributed by atoms with E-state index in [1.165, 1.54) is 17.3 Å². The Kier molecular flexibility index (Phi) is 3.68. The quantitative estimate of drug-likeness (QED) is 0.818. The summed E-state index contributed by atoms with van der Waals surface area (Å²) in [7, 11) is 1.73. The van der Waals surface area contributed by atoms with Crippen LogP contribution in [0.25, 0.3) is 5.95 Å². The summed E-state index contributed by atoms with van der Waals surface area (Å²) in [6, 6.07) is 0.241. The van der Waals surface area contributed by atoms with Crippen LogP contribution in [-0.4, -0.2) is 56.1 Å². The van der Waals surface area contributed by atoms with Crippen LogP contribution in [0.1, 0.15) is 12.8 Å². The van der Waals surface area contributed by atoms with Gasteiger partial charge in [-0.2, -0.15) is 24.7 Å². The zero-order chi connectivity index (χ0) is 13.8. The summed E-state index contributed by atoms with van der Waals surface area (Å²) < 4.78 is 12.5. The molecule has 0 aromatic carbocycles. The maximum atomic E-state index is 5.58. The summed E-state index contributed by atoms with van der Waals surface area (Å²) in [5.41, 5.74) is 0. The minimum atomic E-state index is 0.111. The van der Waals surface area contributed by atoms with Crippen molar-refractivity contribution < 1.29 is 9.47 Å². The van der Waals surface area contributed by atoms with E-state index < -0.39 is 0 Å². The Morgan fingerprint density at radius 3 is 3.10 bits per heavy atom. The number of hydrogen-bond acceptors (Lipinski definition) is 8. The fourth-order valence-corrected chi connectivity index (χ4v) is 1.88. The van der Waals surface area contributed by atoms with Crippen molar-refractivity contribution in [1.29, 1.82) is 0 Å². The van der Waals surface area contributed by atoms with Crippen LogP contribution in [0.3, 0.4) is 0 Å². The number of nitrogens with zero attached hydrogens (tertiary/aromatic N) is 6. The molecule has 0 aliphatic carbocycles. The molecule has 1 aliphatic heterocycles. The van der Waals surface area contributed by atoms with E-state index in [9.17, 15) is 0 Å². The molecule has 2 aromatic heterocycles. The zero-order valence-corrected chi connectivity index (χ0v) is 11.1. The summed E-state index contributed by atoms with van der Waals surface area (Å²) in [6.07, 6.45) is 5.10. The van der Waals surface area contributed by atoms with E-state index in [0.717, 1.165) is 19.4 Å². The van der Waals surface area contributed by atoms with Crippen molar-refractivity contribution in [2.24, 2.45) is 0 Å². The van der Waals surface area contributed by atoms with Crippen molar-refractivity contribution in [1.82, 2.24) is 29.7 Å². The average Bonchev–Trinajstić information content (AvgIpc) is 3.17. The van der Waals surface area contributed by atoms with Crippen molar-refractivity contribution in [2.75, 3.05) is 25.6 Å².